The first kappa shape index (κ1) is 22.1. The van der Waals surface area contributed by atoms with Crippen LogP contribution in [-0.4, -0.2) is 27.3 Å². The Hall–Kier alpha value is -2.63. The number of hydrogen-bond donors (Lipinski definition) is 2. The third-order valence-corrected chi connectivity index (χ3v) is 5.83. The molecule has 1 atom stereocenters. The van der Waals surface area contributed by atoms with Crippen molar-refractivity contribution in [1.29, 1.82) is 0 Å². The van der Waals surface area contributed by atoms with Crippen molar-refractivity contribution >= 4 is 17.5 Å². The normalized spacial score (nSPS) is 12.2. The van der Waals surface area contributed by atoms with Crippen LogP contribution in [0.2, 0.25) is 5.02 Å². The van der Waals surface area contributed by atoms with Crippen molar-refractivity contribution in [3.05, 3.63) is 87.2 Å². The molecule has 6 heteroatoms. The number of aromatic nitrogens is 2. The number of benzene rings is 2. The highest BCUT2D eigenvalue weighted by molar-refractivity contribution is 6.31. The number of carbonyl (C=O) groups is 1. The van der Waals surface area contributed by atoms with E-state index in [0.29, 0.717) is 23.0 Å². The Kier molecular flexibility index (Phi) is 6.95. The van der Waals surface area contributed by atoms with Crippen LogP contribution in [0.5, 0.6) is 0 Å². The maximum atomic E-state index is 12.4. The van der Waals surface area contributed by atoms with Gasteiger partial charge in [-0.15, -0.1) is 0 Å². The first-order valence-corrected chi connectivity index (χ1v) is 10.5. The van der Waals surface area contributed by atoms with E-state index in [1.807, 2.05) is 54.9 Å². The van der Waals surface area contributed by atoms with E-state index in [4.69, 9.17) is 11.6 Å². The number of carbonyl (C=O) groups excluding carboxylic acids is 1. The largest absolute Gasteiger partial charge is 0.387 e. The summed E-state index contributed by atoms with van der Waals surface area (Å²) in [5.41, 5.74) is 5.32. The predicted molar refractivity (Wildman–Crippen MR) is 120 cm³/mol. The summed E-state index contributed by atoms with van der Waals surface area (Å²) in [5.74, 6) is 0.227. The van der Waals surface area contributed by atoms with E-state index < -0.39 is 6.10 Å². The molecule has 158 valence electrons. The van der Waals surface area contributed by atoms with Gasteiger partial charge in [-0.3, -0.25) is 9.48 Å². The number of amides is 1. The summed E-state index contributed by atoms with van der Waals surface area (Å²) in [5, 5.41) is 18.3. The van der Waals surface area contributed by atoms with Gasteiger partial charge < -0.3 is 10.4 Å². The molecule has 2 N–H and O–H groups in total. The van der Waals surface area contributed by atoms with Crippen LogP contribution in [0, 0.1) is 13.8 Å². The number of aryl methyl sites for hydroxylation is 1. The topological polar surface area (TPSA) is 67.2 Å². The molecule has 3 rings (SSSR count). The van der Waals surface area contributed by atoms with Gasteiger partial charge in [-0.25, -0.2) is 0 Å². The number of halogens is 1. The van der Waals surface area contributed by atoms with E-state index in [0.717, 1.165) is 22.5 Å². The quantitative estimate of drug-likeness (QED) is 0.572. The third kappa shape index (κ3) is 5.10. The monoisotopic (exact) mass is 425 g/mol. The molecule has 0 radical (unpaired) electrons. The minimum Gasteiger partial charge on any atom is -0.387 e. The Morgan fingerprint density at radius 1 is 1.07 bits per heavy atom. The van der Waals surface area contributed by atoms with Crippen molar-refractivity contribution in [3.63, 3.8) is 0 Å². The first-order chi connectivity index (χ1) is 14.3. The molecule has 0 aliphatic heterocycles. The van der Waals surface area contributed by atoms with Crippen LogP contribution in [0.3, 0.4) is 0 Å². The molecule has 0 saturated carbocycles. The molecule has 1 amide bonds. The Labute approximate surface area is 182 Å². The molecule has 1 heterocycles. The summed E-state index contributed by atoms with van der Waals surface area (Å²) in [6.45, 7) is 8.82. The number of nitrogens with zero attached hydrogens (tertiary/aromatic N) is 2. The summed E-state index contributed by atoms with van der Waals surface area (Å²) in [7, 11) is 0. The van der Waals surface area contributed by atoms with Gasteiger partial charge in [-0.2, -0.15) is 5.10 Å². The second-order valence-electron chi connectivity index (χ2n) is 7.89. The Balaban J connectivity index is 1.57. The molecule has 0 spiro atoms. The molecular weight excluding hydrogens is 398 g/mol. The van der Waals surface area contributed by atoms with Crippen molar-refractivity contribution in [2.45, 2.75) is 46.3 Å². The van der Waals surface area contributed by atoms with Gasteiger partial charge in [0, 0.05) is 12.1 Å². The maximum Gasteiger partial charge on any atom is 0.251 e. The van der Waals surface area contributed by atoms with Crippen molar-refractivity contribution in [3.8, 4) is 0 Å². The number of rotatable bonds is 7. The molecular formula is C24H28ClN3O2. The van der Waals surface area contributed by atoms with Crippen LogP contribution in [0.1, 0.15) is 64.3 Å². The highest BCUT2D eigenvalue weighted by Gasteiger charge is 2.13. The fourth-order valence-electron chi connectivity index (χ4n) is 3.28. The molecule has 0 saturated heterocycles. The SMILES string of the molecule is Cc1nn(Cc2ccc(C(=O)NCC(O)c3ccc(C(C)C)cc3)cc2)c(C)c1Cl. The molecule has 0 bridgehead atoms. The highest BCUT2D eigenvalue weighted by atomic mass is 35.5. The van der Waals surface area contributed by atoms with Gasteiger partial charge in [0.15, 0.2) is 0 Å². The average Bonchev–Trinajstić information content (AvgIpc) is 2.98. The standard InChI is InChI=1S/C24H28ClN3O2/c1-15(2)19-9-11-20(12-10-19)22(29)13-26-24(30)21-7-5-18(6-8-21)14-28-17(4)23(25)16(3)27-28/h5-12,15,22,29H,13-14H2,1-4H3,(H,26,30). The lowest BCUT2D eigenvalue weighted by molar-refractivity contribution is 0.0916. The van der Waals surface area contributed by atoms with Gasteiger partial charge in [0.25, 0.3) is 5.91 Å². The summed E-state index contributed by atoms with van der Waals surface area (Å²) in [6, 6.07) is 15.2. The summed E-state index contributed by atoms with van der Waals surface area (Å²) < 4.78 is 1.85. The van der Waals surface area contributed by atoms with E-state index in [-0.39, 0.29) is 12.5 Å². The van der Waals surface area contributed by atoms with Crippen LogP contribution < -0.4 is 5.32 Å². The van der Waals surface area contributed by atoms with Crippen molar-refractivity contribution in [2.24, 2.45) is 0 Å². The molecule has 0 aliphatic rings. The van der Waals surface area contributed by atoms with E-state index in [2.05, 4.69) is 24.3 Å². The fourth-order valence-corrected chi connectivity index (χ4v) is 3.41. The predicted octanol–water partition coefficient (Wildman–Crippen LogP) is 4.79. The van der Waals surface area contributed by atoms with Crippen LogP contribution in [0.15, 0.2) is 48.5 Å². The Bertz CT molecular complexity index is 1010. The van der Waals surface area contributed by atoms with Gasteiger partial charge in [0.2, 0.25) is 0 Å². The van der Waals surface area contributed by atoms with Crippen molar-refractivity contribution in [2.75, 3.05) is 6.54 Å². The van der Waals surface area contributed by atoms with E-state index >= 15 is 0 Å². The molecule has 0 aliphatic carbocycles. The maximum absolute atomic E-state index is 12.4. The van der Waals surface area contributed by atoms with Gasteiger partial charge in [-0.1, -0.05) is 61.8 Å². The van der Waals surface area contributed by atoms with Gasteiger partial charge in [0.05, 0.1) is 29.1 Å². The Morgan fingerprint density at radius 2 is 1.67 bits per heavy atom. The third-order valence-electron chi connectivity index (χ3n) is 5.29. The minimum atomic E-state index is -0.745. The molecule has 30 heavy (non-hydrogen) atoms. The molecule has 1 aromatic heterocycles. The van der Waals surface area contributed by atoms with Gasteiger partial charge >= 0.3 is 0 Å². The number of nitrogens with one attached hydrogen (secondary N) is 1. The van der Waals surface area contributed by atoms with Crippen LogP contribution >= 0.6 is 11.6 Å². The second kappa shape index (κ2) is 9.45. The summed E-state index contributed by atoms with van der Waals surface area (Å²) >= 11 is 6.20. The summed E-state index contributed by atoms with van der Waals surface area (Å²) in [6.07, 6.45) is -0.745. The number of aliphatic hydroxyl groups is 1. The number of aliphatic hydroxyl groups excluding tert-OH is 1. The first-order valence-electron chi connectivity index (χ1n) is 10.1. The lowest BCUT2D eigenvalue weighted by Crippen LogP contribution is -2.28. The summed E-state index contributed by atoms with van der Waals surface area (Å²) in [4.78, 5) is 12.4. The van der Waals surface area contributed by atoms with E-state index in [1.54, 1.807) is 12.1 Å². The van der Waals surface area contributed by atoms with E-state index in [9.17, 15) is 9.90 Å². The minimum absolute atomic E-state index is 0.159. The molecule has 3 aromatic rings. The average molecular weight is 426 g/mol. The van der Waals surface area contributed by atoms with Crippen molar-refractivity contribution in [1.82, 2.24) is 15.1 Å². The Morgan fingerprint density at radius 3 is 2.20 bits per heavy atom. The van der Waals surface area contributed by atoms with Crippen LogP contribution in [-0.2, 0) is 6.54 Å². The van der Waals surface area contributed by atoms with Crippen LogP contribution in [0.4, 0.5) is 0 Å². The van der Waals surface area contributed by atoms with Crippen molar-refractivity contribution < 1.29 is 9.90 Å². The molecule has 0 fully saturated rings. The smallest absolute Gasteiger partial charge is 0.251 e. The lowest BCUT2D eigenvalue weighted by Gasteiger charge is -2.14. The fraction of sp³-hybridized carbons (Fsp3) is 0.333. The molecule has 1 unspecified atom stereocenters. The zero-order chi connectivity index (χ0) is 21.8. The highest BCUT2D eigenvalue weighted by Crippen LogP contribution is 2.20. The van der Waals surface area contributed by atoms with Crippen LogP contribution in [0.25, 0.3) is 0 Å². The zero-order valence-electron chi connectivity index (χ0n) is 17.8. The van der Waals surface area contributed by atoms with E-state index in [1.165, 1.54) is 5.56 Å². The zero-order valence-corrected chi connectivity index (χ0v) is 18.6. The number of hydrogen-bond acceptors (Lipinski definition) is 3. The molecule has 2 aromatic carbocycles. The van der Waals surface area contributed by atoms with Gasteiger partial charge in [0.1, 0.15) is 0 Å². The molecule has 5 nitrogen and oxygen atoms in total. The second-order valence-corrected chi connectivity index (χ2v) is 8.26. The van der Waals surface area contributed by atoms with Gasteiger partial charge in [-0.05, 0) is 48.6 Å². The lowest BCUT2D eigenvalue weighted by atomic mass is 10.00.